The van der Waals surface area contributed by atoms with Crippen molar-refractivity contribution in [3.63, 3.8) is 0 Å². The van der Waals surface area contributed by atoms with Gasteiger partial charge in [-0.2, -0.15) is 5.26 Å². The van der Waals surface area contributed by atoms with Gasteiger partial charge < -0.3 is 5.73 Å². The average molecular weight is 247 g/mol. The zero-order valence-corrected chi connectivity index (χ0v) is 7.98. The minimum Gasteiger partial charge on any atom is -0.312 e. The molecule has 0 heterocycles. The van der Waals surface area contributed by atoms with Crippen molar-refractivity contribution in [2.24, 2.45) is 5.73 Å². The number of hydrogen-bond acceptors (Lipinski definition) is 2. The molecule has 0 bridgehead atoms. The minimum absolute atomic E-state index is 0.0178. The van der Waals surface area contributed by atoms with Gasteiger partial charge in [0.15, 0.2) is 0 Å². The van der Waals surface area contributed by atoms with Crippen LogP contribution in [0.15, 0.2) is 16.6 Å². The standard InChI is InChI=1S/C8H5BrF2N2/c9-5-1-4(8(13)3-12)6(10)2-7(5)11/h1-2,8H,13H2. The molecule has 0 aliphatic carbocycles. The molecule has 1 aromatic rings. The second-order valence-corrected chi connectivity index (χ2v) is 3.25. The third kappa shape index (κ3) is 2.02. The number of rotatable bonds is 1. The molecule has 0 amide bonds. The fourth-order valence-electron chi connectivity index (χ4n) is 0.846. The van der Waals surface area contributed by atoms with Crippen LogP contribution in [0.5, 0.6) is 0 Å². The summed E-state index contributed by atoms with van der Waals surface area (Å²) in [5.41, 5.74) is 5.25. The maximum absolute atomic E-state index is 13.0. The molecule has 0 saturated heterocycles. The lowest BCUT2D eigenvalue weighted by Gasteiger charge is -2.05. The maximum atomic E-state index is 13.0. The molecular formula is C8H5BrF2N2. The quantitative estimate of drug-likeness (QED) is 0.773. The van der Waals surface area contributed by atoms with E-state index >= 15 is 0 Å². The molecule has 68 valence electrons. The molecule has 0 spiro atoms. The second-order valence-electron chi connectivity index (χ2n) is 2.39. The molecule has 1 aromatic carbocycles. The Morgan fingerprint density at radius 1 is 1.38 bits per heavy atom. The third-order valence-electron chi connectivity index (χ3n) is 1.51. The zero-order chi connectivity index (χ0) is 10.0. The molecule has 1 atom stereocenters. The molecule has 5 heteroatoms. The largest absolute Gasteiger partial charge is 0.312 e. The van der Waals surface area contributed by atoms with E-state index in [1.807, 2.05) is 0 Å². The van der Waals surface area contributed by atoms with Crippen molar-refractivity contribution < 1.29 is 8.78 Å². The Balaban J connectivity index is 3.25. The van der Waals surface area contributed by atoms with Gasteiger partial charge >= 0.3 is 0 Å². The van der Waals surface area contributed by atoms with E-state index in [9.17, 15) is 8.78 Å². The molecule has 2 N–H and O–H groups in total. The van der Waals surface area contributed by atoms with E-state index in [0.717, 1.165) is 0 Å². The molecule has 0 aliphatic rings. The molecular weight excluding hydrogens is 242 g/mol. The minimum atomic E-state index is -1.07. The van der Waals surface area contributed by atoms with E-state index in [2.05, 4.69) is 15.9 Å². The van der Waals surface area contributed by atoms with Gasteiger partial charge in [-0.3, -0.25) is 0 Å². The number of nitrogens with zero attached hydrogens (tertiary/aromatic N) is 1. The summed E-state index contributed by atoms with van der Waals surface area (Å²) in [6.07, 6.45) is 0. The first kappa shape index (κ1) is 10.1. The molecule has 0 radical (unpaired) electrons. The SMILES string of the molecule is N#CC(N)c1cc(Br)c(F)cc1F. The van der Waals surface area contributed by atoms with Gasteiger partial charge in [0.1, 0.15) is 17.7 Å². The average Bonchev–Trinajstić information content (AvgIpc) is 2.10. The van der Waals surface area contributed by atoms with E-state index < -0.39 is 17.7 Å². The van der Waals surface area contributed by atoms with Crippen LogP contribution in [0.2, 0.25) is 0 Å². The highest BCUT2D eigenvalue weighted by Crippen LogP contribution is 2.23. The summed E-state index contributed by atoms with van der Waals surface area (Å²) in [4.78, 5) is 0. The van der Waals surface area contributed by atoms with Gasteiger partial charge in [-0.15, -0.1) is 0 Å². The summed E-state index contributed by atoms with van der Waals surface area (Å²) in [6, 6.07) is 2.45. The van der Waals surface area contributed by atoms with Gasteiger partial charge in [-0.05, 0) is 22.0 Å². The van der Waals surface area contributed by atoms with Crippen LogP contribution in [0.25, 0.3) is 0 Å². The lowest BCUT2D eigenvalue weighted by molar-refractivity contribution is 0.564. The van der Waals surface area contributed by atoms with E-state index in [-0.39, 0.29) is 10.0 Å². The Morgan fingerprint density at radius 3 is 2.54 bits per heavy atom. The molecule has 0 fully saturated rings. The van der Waals surface area contributed by atoms with Crippen LogP contribution in [0, 0.1) is 23.0 Å². The molecule has 1 unspecified atom stereocenters. The number of nitriles is 1. The summed E-state index contributed by atoms with van der Waals surface area (Å²) in [5, 5.41) is 8.42. The summed E-state index contributed by atoms with van der Waals surface area (Å²) < 4.78 is 25.8. The fraction of sp³-hybridized carbons (Fsp3) is 0.125. The van der Waals surface area contributed by atoms with E-state index in [4.69, 9.17) is 11.0 Å². The number of hydrogen-bond donors (Lipinski definition) is 1. The number of nitrogens with two attached hydrogens (primary N) is 1. The Morgan fingerprint density at radius 2 is 2.00 bits per heavy atom. The van der Waals surface area contributed by atoms with Gasteiger partial charge in [0, 0.05) is 11.6 Å². The van der Waals surface area contributed by atoms with Crippen LogP contribution < -0.4 is 5.73 Å². The highest BCUT2D eigenvalue weighted by Gasteiger charge is 2.13. The predicted octanol–water partition coefficient (Wildman–Crippen LogP) is 2.25. The smallest absolute Gasteiger partial charge is 0.140 e. The summed E-state index contributed by atoms with van der Waals surface area (Å²) in [6.45, 7) is 0. The zero-order valence-electron chi connectivity index (χ0n) is 6.39. The highest BCUT2D eigenvalue weighted by atomic mass is 79.9. The van der Waals surface area contributed by atoms with Crippen molar-refractivity contribution >= 4 is 15.9 Å². The predicted molar refractivity (Wildman–Crippen MR) is 46.6 cm³/mol. The molecule has 0 saturated carbocycles. The van der Waals surface area contributed by atoms with Crippen LogP contribution in [0.4, 0.5) is 8.78 Å². The van der Waals surface area contributed by atoms with Crippen LogP contribution >= 0.6 is 15.9 Å². The van der Waals surface area contributed by atoms with Crippen molar-refractivity contribution in [2.45, 2.75) is 6.04 Å². The van der Waals surface area contributed by atoms with Crippen LogP contribution in [-0.2, 0) is 0 Å². The van der Waals surface area contributed by atoms with Crippen molar-refractivity contribution in [3.05, 3.63) is 33.8 Å². The van der Waals surface area contributed by atoms with Crippen molar-refractivity contribution in [2.75, 3.05) is 0 Å². The van der Waals surface area contributed by atoms with Gasteiger partial charge in [0.2, 0.25) is 0 Å². The first-order valence-corrected chi connectivity index (χ1v) is 4.15. The lowest BCUT2D eigenvalue weighted by atomic mass is 10.1. The highest BCUT2D eigenvalue weighted by molar-refractivity contribution is 9.10. The monoisotopic (exact) mass is 246 g/mol. The van der Waals surface area contributed by atoms with E-state index in [1.165, 1.54) is 6.07 Å². The molecule has 1 rings (SSSR count). The summed E-state index contributed by atoms with van der Waals surface area (Å²) >= 11 is 2.87. The first-order valence-electron chi connectivity index (χ1n) is 3.36. The normalized spacial score (nSPS) is 12.2. The fourth-order valence-corrected chi connectivity index (χ4v) is 1.21. The number of benzene rings is 1. The van der Waals surface area contributed by atoms with Crippen molar-refractivity contribution in [3.8, 4) is 6.07 Å². The maximum Gasteiger partial charge on any atom is 0.140 e. The molecule has 0 aliphatic heterocycles. The van der Waals surface area contributed by atoms with Crippen LogP contribution in [0.1, 0.15) is 11.6 Å². The lowest BCUT2D eigenvalue weighted by Crippen LogP contribution is -2.09. The Labute approximate surface area is 82.1 Å². The summed E-state index contributed by atoms with van der Waals surface area (Å²) in [7, 11) is 0. The van der Waals surface area contributed by atoms with Gasteiger partial charge in [-0.1, -0.05) is 0 Å². The van der Waals surface area contributed by atoms with Crippen LogP contribution in [0.3, 0.4) is 0 Å². The van der Waals surface area contributed by atoms with Crippen molar-refractivity contribution in [1.29, 1.82) is 5.26 Å². The molecule has 0 aromatic heterocycles. The van der Waals surface area contributed by atoms with Crippen LogP contribution in [-0.4, -0.2) is 0 Å². The van der Waals surface area contributed by atoms with E-state index in [0.29, 0.717) is 6.07 Å². The number of halogens is 3. The van der Waals surface area contributed by atoms with Gasteiger partial charge in [0.25, 0.3) is 0 Å². The van der Waals surface area contributed by atoms with Crippen molar-refractivity contribution in [1.82, 2.24) is 0 Å². The molecule has 2 nitrogen and oxygen atoms in total. The Kier molecular flexibility index (Phi) is 2.96. The van der Waals surface area contributed by atoms with E-state index in [1.54, 1.807) is 6.07 Å². The molecule has 13 heavy (non-hydrogen) atoms. The Hall–Kier alpha value is -0.990. The van der Waals surface area contributed by atoms with Gasteiger partial charge in [0.05, 0.1) is 10.5 Å². The Bertz CT molecular complexity index is 373. The second kappa shape index (κ2) is 3.81. The first-order chi connectivity index (χ1) is 6.06. The topological polar surface area (TPSA) is 49.8 Å². The van der Waals surface area contributed by atoms with Gasteiger partial charge in [-0.25, -0.2) is 8.78 Å². The third-order valence-corrected chi connectivity index (χ3v) is 2.12. The summed E-state index contributed by atoms with van der Waals surface area (Å²) in [5.74, 6) is -1.53.